The van der Waals surface area contributed by atoms with Gasteiger partial charge in [-0.15, -0.1) is 0 Å². The lowest BCUT2D eigenvalue weighted by molar-refractivity contribution is -0.134. The number of benzene rings is 1. The number of carbonyl (C=O) groups is 3. The summed E-state index contributed by atoms with van der Waals surface area (Å²) in [6.45, 7) is 4.28. The number of hydrogen-bond acceptors (Lipinski definition) is 5. The number of piperidine rings is 1. The number of aromatic nitrogens is 2. The average Bonchev–Trinajstić information content (AvgIpc) is 3.07. The maximum Gasteiger partial charge on any atom is 0.274 e. The first-order valence-corrected chi connectivity index (χ1v) is 10.1. The molecule has 3 heterocycles. The van der Waals surface area contributed by atoms with Crippen molar-refractivity contribution in [2.75, 3.05) is 19.6 Å². The summed E-state index contributed by atoms with van der Waals surface area (Å²) in [5, 5.41) is 3.12. The van der Waals surface area contributed by atoms with Gasteiger partial charge in [0.15, 0.2) is 0 Å². The van der Waals surface area contributed by atoms with E-state index in [1.54, 1.807) is 9.80 Å². The third-order valence-corrected chi connectivity index (χ3v) is 6.12. The summed E-state index contributed by atoms with van der Waals surface area (Å²) in [6, 6.07) is 9.60. The van der Waals surface area contributed by atoms with E-state index in [4.69, 9.17) is 0 Å². The van der Waals surface area contributed by atoms with E-state index in [1.807, 2.05) is 30.3 Å². The SMILES string of the molecule is CC(=O)N[C@@]12CN(C(C)=O)CC[C@@H]1[C@@H](c1ccccc1)N(C(=O)c1cnccn1)C2. The van der Waals surface area contributed by atoms with Gasteiger partial charge in [-0.2, -0.15) is 0 Å². The van der Waals surface area contributed by atoms with Crippen molar-refractivity contribution in [3.05, 3.63) is 60.2 Å². The standard InChI is InChI=1S/C22H25N5O3/c1-15(28)25-22-13-26(16(2)29)11-8-18(22)20(17-6-4-3-5-7-17)27(14-22)21(30)19-12-23-9-10-24-19/h3-7,9-10,12,18,20H,8,11,13-14H2,1-2H3,(H,25,28)/t18-,20-,22-/m1/s1. The number of fused-ring (bicyclic) bond motifs is 1. The Morgan fingerprint density at radius 1 is 1.10 bits per heavy atom. The monoisotopic (exact) mass is 407 g/mol. The van der Waals surface area contributed by atoms with Crippen molar-refractivity contribution in [2.45, 2.75) is 31.8 Å². The lowest BCUT2D eigenvalue weighted by atomic mass is 9.75. The second-order valence-electron chi connectivity index (χ2n) is 8.05. The van der Waals surface area contributed by atoms with Gasteiger partial charge in [0, 0.05) is 51.8 Å². The first-order valence-electron chi connectivity index (χ1n) is 10.1. The normalized spacial score (nSPS) is 25.5. The minimum Gasteiger partial charge on any atom is -0.347 e. The van der Waals surface area contributed by atoms with Crippen LogP contribution in [0.15, 0.2) is 48.9 Å². The van der Waals surface area contributed by atoms with E-state index in [0.717, 1.165) is 5.56 Å². The Kier molecular flexibility index (Phi) is 5.24. The van der Waals surface area contributed by atoms with Crippen molar-refractivity contribution in [3.8, 4) is 0 Å². The van der Waals surface area contributed by atoms with E-state index >= 15 is 0 Å². The van der Waals surface area contributed by atoms with Crippen LogP contribution in [0.25, 0.3) is 0 Å². The molecule has 3 amide bonds. The molecular formula is C22H25N5O3. The van der Waals surface area contributed by atoms with Crippen molar-refractivity contribution in [2.24, 2.45) is 5.92 Å². The van der Waals surface area contributed by atoms with Crippen LogP contribution in [0.4, 0.5) is 0 Å². The van der Waals surface area contributed by atoms with Crippen LogP contribution in [-0.4, -0.2) is 62.7 Å². The molecule has 3 atom stereocenters. The molecule has 0 aliphatic carbocycles. The Bertz CT molecular complexity index is 952. The van der Waals surface area contributed by atoms with Crippen molar-refractivity contribution in [1.82, 2.24) is 25.1 Å². The molecule has 4 rings (SSSR count). The molecular weight excluding hydrogens is 382 g/mol. The minimum absolute atomic E-state index is 0.0278. The average molecular weight is 407 g/mol. The summed E-state index contributed by atoms with van der Waals surface area (Å²) in [6.07, 6.45) is 5.16. The molecule has 0 unspecified atom stereocenters. The second kappa shape index (κ2) is 7.85. The topological polar surface area (TPSA) is 95.5 Å². The molecule has 0 saturated carbocycles. The summed E-state index contributed by atoms with van der Waals surface area (Å²) < 4.78 is 0. The molecule has 2 saturated heterocycles. The van der Waals surface area contributed by atoms with Crippen molar-refractivity contribution in [1.29, 1.82) is 0 Å². The summed E-state index contributed by atoms with van der Waals surface area (Å²) in [5.74, 6) is -0.468. The van der Waals surface area contributed by atoms with Gasteiger partial charge >= 0.3 is 0 Å². The number of hydrogen-bond donors (Lipinski definition) is 1. The van der Waals surface area contributed by atoms with Crippen LogP contribution in [0.5, 0.6) is 0 Å². The Balaban J connectivity index is 1.79. The first-order chi connectivity index (χ1) is 14.4. The molecule has 30 heavy (non-hydrogen) atoms. The number of likely N-dealkylation sites (tertiary alicyclic amines) is 2. The predicted octanol–water partition coefficient (Wildman–Crippen LogP) is 1.42. The van der Waals surface area contributed by atoms with Gasteiger partial charge in [-0.3, -0.25) is 19.4 Å². The molecule has 1 aromatic carbocycles. The Hall–Kier alpha value is -3.29. The number of rotatable bonds is 3. The van der Waals surface area contributed by atoms with Gasteiger partial charge in [-0.25, -0.2) is 4.98 Å². The van der Waals surface area contributed by atoms with Crippen LogP contribution in [0, 0.1) is 5.92 Å². The highest BCUT2D eigenvalue weighted by Gasteiger charge is 2.57. The van der Waals surface area contributed by atoms with Crippen molar-refractivity contribution in [3.63, 3.8) is 0 Å². The van der Waals surface area contributed by atoms with E-state index in [2.05, 4.69) is 15.3 Å². The van der Waals surface area contributed by atoms with Crippen LogP contribution >= 0.6 is 0 Å². The van der Waals surface area contributed by atoms with Gasteiger partial charge < -0.3 is 15.1 Å². The Morgan fingerprint density at radius 2 is 1.87 bits per heavy atom. The number of amides is 3. The van der Waals surface area contributed by atoms with E-state index in [0.29, 0.717) is 26.1 Å². The highest BCUT2D eigenvalue weighted by molar-refractivity contribution is 5.93. The molecule has 1 N–H and O–H groups in total. The number of carbonyl (C=O) groups excluding carboxylic acids is 3. The van der Waals surface area contributed by atoms with Crippen LogP contribution in [0.1, 0.15) is 42.4 Å². The van der Waals surface area contributed by atoms with Crippen LogP contribution in [0.3, 0.4) is 0 Å². The second-order valence-corrected chi connectivity index (χ2v) is 8.05. The van der Waals surface area contributed by atoms with E-state index in [9.17, 15) is 14.4 Å². The summed E-state index contributed by atoms with van der Waals surface area (Å²) >= 11 is 0. The summed E-state index contributed by atoms with van der Waals surface area (Å²) in [7, 11) is 0. The zero-order valence-electron chi connectivity index (χ0n) is 17.1. The van der Waals surface area contributed by atoms with Gasteiger partial charge in [-0.1, -0.05) is 30.3 Å². The molecule has 2 aliphatic heterocycles. The van der Waals surface area contributed by atoms with Gasteiger partial charge in [0.2, 0.25) is 11.8 Å². The molecule has 0 spiro atoms. The molecule has 1 aromatic heterocycles. The van der Waals surface area contributed by atoms with E-state index < -0.39 is 5.54 Å². The summed E-state index contributed by atoms with van der Waals surface area (Å²) in [4.78, 5) is 49.5. The Morgan fingerprint density at radius 3 is 2.50 bits per heavy atom. The van der Waals surface area contributed by atoms with Crippen molar-refractivity contribution < 1.29 is 14.4 Å². The van der Waals surface area contributed by atoms with Crippen molar-refractivity contribution >= 4 is 17.7 Å². The molecule has 8 nitrogen and oxygen atoms in total. The fraction of sp³-hybridized carbons (Fsp3) is 0.409. The first kappa shape index (κ1) is 20.0. The third-order valence-electron chi connectivity index (χ3n) is 6.12. The maximum atomic E-state index is 13.4. The fourth-order valence-corrected chi connectivity index (χ4v) is 4.96. The number of nitrogens with one attached hydrogen (secondary N) is 1. The molecule has 0 radical (unpaired) electrons. The quantitative estimate of drug-likeness (QED) is 0.830. The van der Waals surface area contributed by atoms with E-state index in [-0.39, 0.29) is 35.4 Å². The maximum absolute atomic E-state index is 13.4. The number of nitrogens with zero attached hydrogens (tertiary/aromatic N) is 4. The van der Waals surface area contributed by atoms with Crippen LogP contribution < -0.4 is 5.32 Å². The zero-order chi connectivity index (χ0) is 21.3. The predicted molar refractivity (Wildman–Crippen MR) is 109 cm³/mol. The highest BCUT2D eigenvalue weighted by Crippen LogP contribution is 2.48. The van der Waals surface area contributed by atoms with Gasteiger partial charge in [0.25, 0.3) is 5.91 Å². The van der Waals surface area contributed by atoms with Gasteiger partial charge in [-0.05, 0) is 12.0 Å². The van der Waals surface area contributed by atoms with E-state index in [1.165, 1.54) is 32.4 Å². The lowest BCUT2D eigenvalue weighted by Gasteiger charge is -2.45. The lowest BCUT2D eigenvalue weighted by Crippen LogP contribution is -2.64. The van der Waals surface area contributed by atoms with Crippen LogP contribution in [0.2, 0.25) is 0 Å². The zero-order valence-corrected chi connectivity index (χ0v) is 17.1. The highest BCUT2D eigenvalue weighted by atomic mass is 16.2. The summed E-state index contributed by atoms with van der Waals surface area (Å²) in [5.41, 5.74) is 0.551. The third kappa shape index (κ3) is 3.53. The van der Waals surface area contributed by atoms with Gasteiger partial charge in [0.1, 0.15) is 5.69 Å². The largest absolute Gasteiger partial charge is 0.347 e. The smallest absolute Gasteiger partial charge is 0.274 e. The molecule has 2 aromatic rings. The van der Waals surface area contributed by atoms with Crippen LogP contribution in [-0.2, 0) is 9.59 Å². The Labute approximate surface area is 175 Å². The molecule has 8 heteroatoms. The minimum atomic E-state index is -0.714. The molecule has 2 fully saturated rings. The fourth-order valence-electron chi connectivity index (χ4n) is 4.96. The van der Waals surface area contributed by atoms with Gasteiger partial charge in [0.05, 0.1) is 17.8 Å². The molecule has 156 valence electrons. The molecule has 0 bridgehead atoms. The molecule has 2 aliphatic rings.